The molecule has 1 heterocycles. The Bertz CT molecular complexity index is 895. The highest BCUT2D eigenvalue weighted by Crippen LogP contribution is 2.21. The number of hydrogen-bond donors (Lipinski definition) is 1. The monoisotopic (exact) mass is 325 g/mol. The van der Waals surface area contributed by atoms with Crippen molar-refractivity contribution in [2.75, 3.05) is 14.2 Å². The largest absolute Gasteiger partial charge is 0.497 e. The number of rotatable bonds is 5. The van der Waals surface area contributed by atoms with Gasteiger partial charge in [0.15, 0.2) is 0 Å². The van der Waals surface area contributed by atoms with Crippen LogP contribution in [0.3, 0.4) is 0 Å². The maximum atomic E-state index is 12.2. The van der Waals surface area contributed by atoms with E-state index in [1.54, 1.807) is 18.8 Å². The average Bonchev–Trinajstić information content (AvgIpc) is 2.96. The Labute approximate surface area is 139 Å². The number of ether oxygens (including phenoxy) is 2. The Morgan fingerprint density at radius 1 is 1.04 bits per heavy atom. The summed E-state index contributed by atoms with van der Waals surface area (Å²) in [5.74, 6) is 2.20. The first kappa shape index (κ1) is 15.9. The van der Waals surface area contributed by atoms with Crippen LogP contribution in [-0.4, -0.2) is 29.0 Å². The molecule has 1 aromatic heterocycles. The lowest BCUT2D eigenvalue weighted by atomic mass is 10.1. The molecule has 0 radical (unpaired) electrons. The third kappa shape index (κ3) is 3.03. The van der Waals surface area contributed by atoms with Crippen molar-refractivity contribution in [3.63, 3.8) is 0 Å². The van der Waals surface area contributed by atoms with Crippen LogP contribution < -0.4 is 15.2 Å². The number of nitrogens with one attached hydrogen (secondary N) is 1. The molecule has 0 unspecified atom stereocenters. The van der Waals surface area contributed by atoms with Gasteiger partial charge in [0.2, 0.25) is 0 Å². The van der Waals surface area contributed by atoms with Gasteiger partial charge in [0.25, 0.3) is 0 Å². The minimum absolute atomic E-state index is 0.258. The Balaban J connectivity index is 1.98. The summed E-state index contributed by atoms with van der Waals surface area (Å²) in [6.07, 6.45) is 0.536. The Morgan fingerprint density at radius 3 is 2.33 bits per heavy atom. The second kappa shape index (κ2) is 6.62. The normalized spacial score (nSPS) is 10.6. The molecule has 0 aliphatic rings. The van der Waals surface area contributed by atoms with Gasteiger partial charge in [-0.05, 0) is 48.4 Å². The number of nitrogens with zero attached hydrogens (tertiary/aromatic N) is 2. The molecule has 24 heavy (non-hydrogen) atoms. The smallest absolute Gasteiger partial charge is 0.347 e. The SMILES string of the molecule is COc1ccc(Cc2n[nH]c(=O)n2-c2ccc(OC)cc2C)cc1. The molecule has 0 atom stereocenters. The number of aromatic amines is 1. The Hall–Kier alpha value is -3.02. The van der Waals surface area contributed by atoms with Crippen LogP contribution in [0.4, 0.5) is 0 Å². The van der Waals surface area contributed by atoms with E-state index in [0.717, 1.165) is 28.3 Å². The van der Waals surface area contributed by atoms with E-state index >= 15 is 0 Å². The standard InChI is InChI=1S/C18H19N3O3/c1-12-10-15(24-3)8-9-16(12)21-17(19-20-18(21)22)11-13-4-6-14(23-2)7-5-13/h4-10H,11H2,1-3H3,(H,20,22). The summed E-state index contributed by atoms with van der Waals surface area (Å²) in [5.41, 5.74) is 2.51. The van der Waals surface area contributed by atoms with Crippen LogP contribution in [-0.2, 0) is 6.42 Å². The first-order valence-electron chi connectivity index (χ1n) is 7.56. The summed E-state index contributed by atoms with van der Waals surface area (Å²) in [6.45, 7) is 1.94. The summed E-state index contributed by atoms with van der Waals surface area (Å²) in [4.78, 5) is 12.2. The molecule has 3 aromatic rings. The van der Waals surface area contributed by atoms with E-state index in [1.165, 1.54) is 0 Å². The van der Waals surface area contributed by atoms with Crippen molar-refractivity contribution in [1.82, 2.24) is 14.8 Å². The van der Waals surface area contributed by atoms with E-state index in [1.807, 2.05) is 49.4 Å². The molecule has 6 heteroatoms. The highest BCUT2D eigenvalue weighted by atomic mass is 16.5. The zero-order valence-electron chi connectivity index (χ0n) is 13.9. The molecule has 124 valence electrons. The fourth-order valence-corrected chi connectivity index (χ4v) is 2.63. The fraction of sp³-hybridized carbons (Fsp3) is 0.222. The average molecular weight is 325 g/mol. The van der Waals surface area contributed by atoms with Gasteiger partial charge in [-0.3, -0.25) is 0 Å². The lowest BCUT2D eigenvalue weighted by molar-refractivity contribution is 0.414. The molecule has 3 rings (SSSR count). The highest BCUT2D eigenvalue weighted by molar-refractivity contribution is 5.46. The number of aromatic nitrogens is 3. The molecule has 0 aliphatic heterocycles. The van der Waals surface area contributed by atoms with Gasteiger partial charge in [-0.25, -0.2) is 14.5 Å². The molecule has 0 amide bonds. The lowest BCUT2D eigenvalue weighted by Crippen LogP contribution is -2.18. The third-order valence-corrected chi connectivity index (χ3v) is 3.91. The maximum absolute atomic E-state index is 12.2. The molecular formula is C18H19N3O3. The van der Waals surface area contributed by atoms with Gasteiger partial charge in [-0.2, -0.15) is 5.10 Å². The van der Waals surface area contributed by atoms with Crippen LogP contribution in [0.25, 0.3) is 5.69 Å². The van der Waals surface area contributed by atoms with E-state index in [0.29, 0.717) is 12.2 Å². The lowest BCUT2D eigenvalue weighted by Gasteiger charge is -2.10. The minimum atomic E-state index is -0.258. The first-order chi connectivity index (χ1) is 11.6. The predicted octanol–water partition coefficient (Wildman–Crippen LogP) is 2.48. The topological polar surface area (TPSA) is 69.1 Å². The molecule has 0 spiro atoms. The van der Waals surface area contributed by atoms with E-state index < -0.39 is 0 Å². The van der Waals surface area contributed by atoms with Crippen LogP contribution in [0.1, 0.15) is 17.0 Å². The van der Waals surface area contributed by atoms with E-state index in [2.05, 4.69) is 10.2 Å². The second-order valence-electron chi connectivity index (χ2n) is 5.46. The van der Waals surface area contributed by atoms with Gasteiger partial charge in [-0.15, -0.1) is 0 Å². The summed E-state index contributed by atoms with van der Waals surface area (Å²) in [5, 5.41) is 6.71. The molecule has 0 saturated heterocycles. The molecule has 2 aromatic carbocycles. The third-order valence-electron chi connectivity index (χ3n) is 3.91. The summed E-state index contributed by atoms with van der Waals surface area (Å²) in [6, 6.07) is 13.3. The van der Waals surface area contributed by atoms with E-state index in [-0.39, 0.29) is 5.69 Å². The van der Waals surface area contributed by atoms with Crippen molar-refractivity contribution in [3.8, 4) is 17.2 Å². The van der Waals surface area contributed by atoms with Gasteiger partial charge in [0.1, 0.15) is 17.3 Å². The molecular weight excluding hydrogens is 306 g/mol. The molecule has 6 nitrogen and oxygen atoms in total. The van der Waals surface area contributed by atoms with Crippen LogP contribution >= 0.6 is 0 Å². The summed E-state index contributed by atoms with van der Waals surface area (Å²) >= 11 is 0. The Kier molecular flexibility index (Phi) is 4.37. The zero-order chi connectivity index (χ0) is 17.1. The van der Waals surface area contributed by atoms with Gasteiger partial charge in [0, 0.05) is 6.42 Å². The van der Waals surface area contributed by atoms with Gasteiger partial charge < -0.3 is 9.47 Å². The van der Waals surface area contributed by atoms with Crippen molar-refractivity contribution in [2.24, 2.45) is 0 Å². The first-order valence-corrected chi connectivity index (χ1v) is 7.56. The van der Waals surface area contributed by atoms with Crippen molar-refractivity contribution in [3.05, 3.63) is 69.9 Å². The van der Waals surface area contributed by atoms with Crippen molar-refractivity contribution in [1.29, 1.82) is 0 Å². The van der Waals surface area contributed by atoms with Crippen molar-refractivity contribution in [2.45, 2.75) is 13.3 Å². The molecule has 0 saturated carbocycles. The molecule has 0 fully saturated rings. The quantitative estimate of drug-likeness (QED) is 0.782. The van der Waals surface area contributed by atoms with E-state index in [9.17, 15) is 4.79 Å². The van der Waals surface area contributed by atoms with Crippen molar-refractivity contribution < 1.29 is 9.47 Å². The highest BCUT2D eigenvalue weighted by Gasteiger charge is 2.13. The van der Waals surface area contributed by atoms with Crippen LogP contribution in [0.2, 0.25) is 0 Å². The minimum Gasteiger partial charge on any atom is -0.497 e. The van der Waals surface area contributed by atoms with Crippen LogP contribution in [0.15, 0.2) is 47.3 Å². The number of methoxy groups -OCH3 is 2. The predicted molar refractivity (Wildman–Crippen MR) is 91.3 cm³/mol. The summed E-state index contributed by atoms with van der Waals surface area (Å²) in [7, 11) is 3.25. The fourth-order valence-electron chi connectivity index (χ4n) is 2.63. The Morgan fingerprint density at radius 2 is 1.71 bits per heavy atom. The van der Waals surface area contributed by atoms with Gasteiger partial charge >= 0.3 is 5.69 Å². The zero-order valence-corrected chi connectivity index (χ0v) is 13.9. The number of hydrogen-bond acceptors (Lipinski definition) is 4. The van der Waals surface area contributed by atoms with Gasteiger partial charge in [0.05, 0.1) is 19.9 Å². The van der Waals surface area contributed by atoms with Crippen LogP contribution in [0, 0.1) is 6.92 Å². The molecule has 0 bridgehead atoms. The van der Waals surface area contributed by atoms with Crippen molar-refractivity contribution >= 4 is 0 Å². The molecule has 0 aliphatic carbocycles. The number of benzene rings is 2. The molecule has 1 N–H and O–H groups in total. The van der Waals surface area contributed by atoms with Gasteiger partial charge in [-0.1, -0.05) is 12.1 Å². The summed E-state index contributed by atoms with van der Waals surface area (Å²) < 4.78 is 12.0. The van der Waals surface area contributed by atoms with E-state index in [4.69, 9.17) is 9.47 Å². The maximum Gasteiger partial charge on any atom is 0.347 e. The van der Waals surface area contributed by atoms with Crippen LogP contribution in [0.5, 0.6) is 11.5 Å². The number of H-pyrrole nitrogens is 1. The second-order valence-corrected chi connectivity index (χ2v) is 5.46. The number of aryl methyl sites for hydroxylation is 1.